The molecule has 1 N–H and O–H groups in total. The lowest BCUT2D eigenvalue weighted by Crippen LogP contribution is -2.25. The fourth-order valence-electron chi connectivity index (χ4n) is 2.25. The van der Waals surface area contributed by atoms with Gasteiger partial charge in [0.15, 0.2) is 5.58 Å². The standard InChI is InChI=1S/C13H16N2OS/c1-2-6-10(7-3-1)15-17-13-14-11-8-4-5-9-12(11)16-13/h4-5,8-10,15H,1-3,6-7H2. The molecule has 0 saturated heterocycles. The van der Waals surface area contributed by atoms with E-state index in [1.54, 1.807) is 0 Å². The van der Waals surface area contributed by atoms with Crippen LogP contribution in [0.3, 0.4) is 0 Å². The molecule has 0 atom stereocenters. The maximum absolute atomic E-state index is 5.65. The van der Waals surface area contributed by atoms with Crippen molar-refractivity contribution in [3.63, 3.8) is 0 Å². The molecule has 90 valence electrons. The van der Waals surface area contributed by atoms with Gasteiger partial charge in [-0.05, 0) is 25.0 Å². The summed E-state index contributed by atoms with van der Waals surface area (Å²) in [5.74, 6) is 0. The Hall–Kier alpha value is -1.00. The topological polar surface area (TPSA) is 38.1 Å². The zero-order valence-corrected chi connectivity index (χ0v) is 10.5. The molecule has 1 saturated carbocycles. The summed E-state index contributed by atoms with van der Waals surface area (Å²) in [5.41, 5.74) is 1.79. The van der Waals surface area contributed by atoms with E-state index in [4.69, 9.17) is 4.42 Å². The first-order valence-corrected chi connectivity index (χ1v) is 7.01. The highest BCUT2D eigenvalue weighted by Gasteiger charge is 2.14. The highest BCUT2D eigenvalue weighted by molar-refractivity contribution is 7.97. The van der Waals surface area contributed by atoms with Crippen molar-refractivity contribution in [1.29, 1.82) is 0 Å². The predicted octanol–water partition coefficient (Wildman–Crippen LogP) is 3.76. The fraction of sp³-hybridized carbons (Fsp3) is 0.462. The van der Waals surface area contributed by atoms with E-state index < -0.39 is 0 Å². The number of nitrogens with zero attached hydrogens (tertiary/aromatic N) is 1. The van der Waals surface area contributed by atoms with Crippen LogP contribution in [-0.2, 0) is 0 Å². The molecule has 1 fully saturated rings. The van der Waals surface area contributed by atoms with Crippen LogP contribution in [-0.4, -0.2) is 11.0 Å². The van der Waals surface area contributed by atoms with Gasteiger partial charge in [0, 0.05) is 18.0 Å². The Balaban J connectivity index is 1.64. The summed E-state index contributed by atoms with van der Waals surface area (Å²) in [7, 11) is 0. The lowest BCUT2D eigenvalue weighted by molar-refractivity contribution is 0.419. The Morgan fingerprint density at radius 3 is 2.82 bits per heavy atom. The van der Waals surface area contributed by atoms with Gasteiger partial charge in [0.1, 0.15) is 5.52 Å². The Bertz CT molecular complexity index is 458. The Morgan fingerprint density at radius 1 is 1.18 bits per heavy atom. The lowest BCUT2D eigenvalue weighted by atomic mass is 9.96. The second-order valence-corrected chi connectivity index (χ2v) is 5.29. The largest absolute Gasteiger partial charge is 0.430 e. The van der Waals surface area contributed by atoms with E-state index >= 15 is 0 Å². The van der Waals surface area contributed by atoms with Crippen molar-refractivity contribution < 1.29 is 4.42 Å². The minimum Gasteiger partial charge on any atom is -0.430 e. The van der Waals surface area contributed by atoms with E-state index in [2.05, 4.69) is 9.71 Å². The van der Waals surface area contributed by atoms with Gasteiger partial charge in [-0.1, -0.05) is 31.4 Å². The van der Waals surface area contributed by atoms with Crippen LogP contribution in [0.15, 0.2) is 33.9 Å². The maximum atomic E-state index is 5.65. The first-order valence-electron chi connectivity index (χ1n) is 6.20. The molecule has 3 rings (SSSR count). The van der Waals surface area contributed by atoms with Gasteiger partial charge in [0.2, 0.25) is 0 Å². The Labute approximate surface area is 105 Å². The van der Waals surface area contributed by atoms with E-state index in [0.717, 1.165) is 16.3 Å². The van der Waals surface area contributed by atoms with Gasteiger partial charge in [-0.25, -0.2) is 4.98 Å². The number of fused-ring (bicyclic) bond motifs is 1. The fourth-order valence-corrected chi connectivity index (χ4v) is 3.03. The molecule has 3 nitrogen and oxygen atoms in total. The van der Waals surface area contributed by atoms with Gasteiger partial charge < -0.3 is 4.42 Å². The molecular formula is C13H16N2OS. The van der Waals surface area contributed by atoms with Gasteiger partial charge in [-0.2, -0.15) is 0 Å². The van der Waals surface area contributed by atoms with E-state index in [9.17, 15) is 0 Å². The number of hydrogen-bond acceptors (Lipinski definition) is 4. The molecule has 1 aliphatic rings. The zero-order chi connectivity index (χ0) is 11.5. The Kier molecular flexibility index (Phi) is 3.34. The molecule has 17 heavy (non-hydrogen) atoms. The van der Waals surface area contributed by atoms with E-state index in [1.165, 1.54) is 44.1 Å². The zero-order valence-electron chi connectivity index (χ0n) is 9.69. The van der Waals surface area contributed by atoms with Crippen LogP contribution in [0.1, 0.15) is 32.1 Å². The molecule has 1 aromatic carbocycles. The lowest BCUT2D eigenvalue weighted by Gasteiger charge is -2.21. The number of para-hydroxylation sites is 2. The molecule has 0 spiro atoms. The second-order valence-electron chi connectivity index (χ2n) is 4.50. The maximum Gasteiger partial charge on any atom is 0.272 e. The summed E-state index contributed by atoms with van der Waals surface area (Å²) in [5, 5.41) is 0.719. The normalized spacial score (nSPS) is 17.6. The first-order chi connectivity index (χ1) is 8.42. The van der Waals surface area contributed by atoms with Crippen molar-refractivity contribution in [2.24, 2.45) is 0 Å². The third-order valence-electron chi connectivity index (χ3n) is 3.19. The summed E-state index contributed by atoms with van der Waals surface area (Å²) in [4.78, 5) is 4.43. The van der Waals surface area contributed by atoms with Crippen LogP contribution in [0.25, 0.3) is 11.1 Å². The molecule has 4 heteroatoms. The monoisotopic (exact) mass is 248 g/mol. The van der Waals surface area contributed by atoms with E-state index in [-0.39, 0.29) is 0 Å². The van der Waals surface area contributed by atoms with Crippen LogP contribution in [0.5, 0.6) is 0 Å². The minimum absolute atomic E-state index is 0.615. The van der Waals surface area contributed by atoms with Gasteiger partial charge in [-0.15, -0.1) is 0 Å². The van der Waals surface area contributed by atoms with Crippen LogP contribution >= 0.6 is 11.9 Å². The molecule has 0 aliphatic heterocycles. The summed E-state index contributed by atoms with van der Waals surface area (Å²) in [6, 6.07) is 8.49. The van der Waals surface area contributed by atoms with Crippen molar-refractivity contribution in [2.75, 3.05) is 0 Å². The predicted molar refractivity (Wildman–Crippen MR) is 69.9 cm³/mol. The summed E-state index contributed by atoms with van der Waals surface area (Å²) >= 11 is 1.52. The average Bonchev–Trinajstić information content (AvgIpc) is 2.80. The molecular weight excluding hydrogens is 232 g/mol. The summed E-state index contributed by atoms with van der Waals surface area (Å²) < 4.78 is 9.11. The third kappa shape index (κ3) is 2.64. The molecule has 0 bridgehead atoms. The summed E-state index contributed by atoms with van der Waals surface area (Å²) in [6.07, 6.45) is 6.60. The Morgan fingerprint density at radius 2 is 2.00 bits per heavy atom. The summed E-state index contributed by atoms with van der Waals surface area (Å²) in [6.45, 7) is 0. The van der Waals surface area contributed by atoms with Crippen molar-refractivity contribution in [3.05, 3.63) is 24.3 Å². The van der Waals surface area contributed by atoms with Crippen molar-refractivity contribution in [3.8, 4) is 0 Å². The first kappa shape index (κ1) is 11.1. The number of aromatic nitrogens is 1. The average molecular weight is 248 g/mol. The number of benzene rings is 1. The van der Waals surface area contributed by atoms with Crippen LogP contribution in [0, 0.1) is 0 Å². The molecule has 1 aromatic heterocycles. The molecule has 1 aliphatic carbocycles. The SMILES string of the molecule is c1ccc2oc(SNC3CCCCC3)nc2c1. The van der Waals surface area contributed by atoms with Crippen molar-refractivity contribution >= 4 is 23.0 Å². The number of nitrogens with one attached hydrogen (secondary N) is 1. The van der Waals surface area contributed by atoms with E-state index in [1.807, 2.05) is 24.3 Å². The number of rotatable bonds is 3. The quantitative estimate of drug-likeness (QED) is 0.839. The molecule has 2 aromatic rings. The van der Waals surface area contributed by atoms with Gasteiger partial charge in [0.25, 0.3) is 5.22 Å². The van der Waals surface area contributed by atoms with Crippen molar-refractivity contribution in [2.45, 2.75) is 43.4 Å². The molecule has 0 amide bonds. The molecule has 1 heterocycles. The van der Waals surface area contributed by atoms with Gasteiger partial charge in [-0.3, -0.25) is 4.72 Å². The molecule has 0 unspecified atom stereocenters. The number of hydrogen-bond donors (Lipinski definition) is 1. The second kappa shape index (κ2) is 5.10. The smallest absolute Gasteiger partial charge is 0.272 e. The van der Waals surface area contributed by atoms with Gasteiger partial charge >= 0.3 is 0 Å². The third-order valence-corrected chi connectivity index (χ3v) is 3.99. The van der Waals surface area contributed by atoms with Crippen molar-refractivity contribution in [1.82, 2.24) is 9.71 Å². The van der Waals surface area contributed by atoms with Crippen LogP contribution < -0.4 is 4.72 Å². The van der Waals surface area contributed by atoms with Gasteiger partial charge in [0.05, 0.1) is 0 Å². The molecule has 0 radical (unpaired) electrons. The van der Waals surface area contributed by atoms with E-state index in [0.29, 0.717) is 6.04 Å². The highest BCUT2D eigenvalue weighted by Crippen LogP contribution is 2.24. The van der Waals surface area contributed by atoms with Crippen LogP contribution in [0.4, 0.5) is 0 Å². The number of oxazole rings is 1. The minimum atomic E-state index is 0.615. The van der Waals surface area contributed by atoms with Crippen LogP contribution in [0.2, 0.25) is 0 Å². The highest BCUT2D eigenvalue weighted by atomic mass is 32.2.